The minimum atomic E-state index is -0.0198. The van der Waals surface area contributed by atoms with Crippen molar-refractivity contribution in [1.29, 1.82) is 0 Å². The van der Waals surface area contributed by atoms with Crippen molar-refractivity contribution in [1.82, 2.24) is 10.2 Å². The van der Waals surface area contributed by atoms with Crippen molar-refractivity contribution in [2.45, 2.75) is 58.9 Å². The summed E-state index contributed by atoms with van der Waals surface area (Å²) in [6, 6.07) is 16.0. The standard InChI is InChI=1S/C27H37ClN2O2/c1-7-25(31)22-14-13-19(16-24(22)28)15-21(30(5)6)18-29-26(32)17-23(27(2,3)4)20-11-9-8-10-12-20/h8-14,16,21,23H,7,15,17-18H2,1-6H3,(H,29,32)/t21-,23+/m0/s1. The molecule has 0 aliphatic heterocycles. The monoisotopic (exact) mass is 456 g/mol. The van der Waals surface area contributed by atoms with Crippen LogP contribution in [0.1, 0.15) is 67.9 Å². The van der Waals surface area contributed by atoms with Crippen LogP contribution in [0.2, 0.25) is 5.02 Å². The minimum absolute atomic E-state index is 0.0198. The molecule has 2 atom stereocenters. The highest BCUT2D eigenvalue weighted by Crippen LogP contribution is 2.37. The van der Waals surface area contributed by atoms with Gasteiger partial charge in [-0.05, 0) is 55.1 Å². The lowest BCUT2D eigenvalue weighted by Crippen LogP contribution is -2.42. The SMILES string of the molecule is CCC(=O)c1ccc(C[C@@H](CNC(=O)C[C@H](c2ccccc2)C(C)(C)C)N(C)C)cc1Cl. The molecule has 2 rings (SSSR count). The Morgan fingerprint density at radius 3 is 2.25 bits per heavy atom. The van der Waals surface area contributed by atoms with Crippen LogP contribution in [0.15, 0.2) is 48.5 Å². The molecule has 5 heteroatoms. The molecule has 0 saturated carbocycles. The molecule has 0 radical (unpaired) electrons. The summed E-state index contributed by atoms with van der Waals surface area (Å²) in [5, 5.41) is 3.63. The molecule has 0 unspecified atom stereocenters. The van der Waals surface area contributed by atoms with E-state index in [4.69, 9.17) is 11.6 Å². The summed E-state index contributed by atoms with van der Waals surface area (Å²) in [6.45, 7) is 8.91. The van der Waals surface area contributed by atoms with Crippen molar-refractivity contribution in [3.05, 3.63) is 70.2 Å². The van der Waals surface area contributed by atoms with E-state index in [-0.39, 0.29) is 29.1 Å². The van der Waals surface area contributed by atoms with Crippen molar-refractivity contribution in [2.24, 2.45) is 5.41 Å². The van der Waals surface area contributed by atoms with Gasteiger partial charge in [0.05, 0.1) is 5.02 Å². The summed E-state index contributed by atoms with van der Waals surface area (Å²) >= 11 is 6.35. The Morgan fingerprint density at radius 2 is 1.72 bits per heavy atom. The molecule has 0 aliphatic rings. The molecular weight excluding hydrogens is 420 g/mol. The maximum atomic E-state index is 12.9. The van der Waals surface area contributed by atoms with Gasteiger partial charge in [-0.1, -0.05) is 75.7 Å². The molecule has 1 N–H and O–H groups in total. The molecule has 1 amide bonds. The van der Waals surface area contributed by atoms with Crippen molar-refractivity contribution < 1.29 is 9.59 Å². The second kappa shape index (κ2) is 11.6. The topological polar surface area (TPSA) is 49.4 Å². The number of Topliss-reactive ketones (excluding diaryl/α,β-unsaturated/α-hetero) is 1. The largest absolute Gasteiger partial charge is 0.355 e. The van der Waals surface area contributed by atoms with Crippen LogP contribution in [0.5, 0.6) is 0 Å². The molecule has 2 aromatic carbocycles. The van der Waals surface area contributed by atoms with E-state index < -0.39 is 0 Å². The fraction of sp³-hybridized carbons (Fsp3) is 0.481. The number of rotatable bonds is 10. The zero-order valence-electron chi connectivity index (χ0n) is 20.2. The van der Waals surface area contributed by atoms with Gasteiger partial charge in [0, 0.05) is 31.0 Å². The maximum Gasteiger partial charge on any atom is 0.220 e. The van der Waals surface area contributed by atoms with Gasteiger partial charge < -0.3 is 10.2 Å². The average molecular weight is 457 g/mol. The first-order valence-corrected chi connectivity index (χ1v) is 11.7. The highest BCUT2D eigenvalue weighted by molar-refractivity contribution is 6.34. The molecule has 0 aromatic heterocycles. The molecule has 0 aliphatic carbocycles. The average Bonchev–Trinajstić information content (AvgIpc) is 2.74. The van der Waals surface area contributed by atoms with E-state index in [0.29, 0.717) is 30.0 Å². The molecule has 0 spiro atoms. The normalized spacial score (nSPS) is 13.6. The number of nitrogens with zero attached hydrogens (tertiary/aromatic N) is 1. The van der Waals surface area contributed by atoms with Gasteiger partial charge in [0.25, 0.3) is 0 Å². The van der Waals surface area contributed by atoms with Gasteiger partial charge in [-0.25, -0.2) is 0 Å². The Hall–Kier alpha value is -2.17. The summed E-state index contributed by atoms with van der Waals surface area (Å²) in [4.78, 5) is 27.0. The fourth-order valence-corrected chi connectivity index (χ4v) is 4.22. The molecule has 174 valence electrons. The van der Waals surface area contributed by atoms with E-state index in [1.54, 1.807) is 0 Å². The summed E-state index contributed by atoms with van der Waals surface area (Å²) < 4.78 is 0. The van der Waals surface area contributed by atoms with Crippen LogP contribution in [-0.4, -0.2) is 43.3 Å². The van der Waals surface area contributed by atoms with E-state index in [0.717, 1.165) is 12.0 Å². The number of carbonyl (C=O) groups excluding carboxylic acids is 2. The summed E-state index contributed by atoms with van der Waals surface area (Å²) in [5.74, 6) is 0.247. The summed E-state index contributed by atoms with van der Waals surface area (Å²) in [5.41, 5.74) is 2.79. The van der Waals surface area contributed by atoms with E-state index in [2.05, 4.69) is 43.1 Å². The van der Waals surface area contributed by atoms with Gasteiger partial charge in [-0.2, -0.15) is 0 Å². The molecule has 0 fully saturated rings. The van der Waals surface area contributed by atoms with Crippen LogP contribution in [0.3, 0.4) is 0 Å². The minimum Gasteiger partial charge on any atom is -0.355 e. The number of hydrogen-bond donors (Lipinski definition) is 1. The number of amides is 1. The van der Waals surface area contributed by atoms with Gasteiger partial charge >= 0.3 is 0 Å². The Kier molecular flexibility index (Phi) is 9.47. The van der Waals surface area contributed by atoms with Crippen LogP contribution in [0.4, 0.5) is 0 Å². The number of benzene rings is 2. The first-order valence-electron chi connectivity index (χ1n) is 11.3. The third kappa shape index (κ3) is 7.46. The second-order valence-electron chi connectivity index (χ2n) is 9.75. The highest BCUT2D eigenvalue weighted by atomic mass is 35.5. The Bertz CT molecular complexity index is 904. The molecular formula is C27H37ClN2O2. The molecule has 2 aromatic rings. The third-order valence-corrected chi connectivity index (χ3v) is 6.34. The first-order chi connectivity index (χ1) is 15.0. The molecule has 32 heavy (non-hydrogen) atoms. The van der Waals surface area contributed by atoms with Crippen LogP contribution < -0.4 is 5.32 Å². The number of carbonyl (C=O) groups is 2. The predicted octanol–water partition coefficient (Wildman–Crippen LogP) is 5.74. The number of nitrogens with one attached hydrogen (secondary N) is 1. The highest BCUT2D eigenvalue weighted by Gasteiger charge is 2.28. The van der Waals surface area contributed by atoms with E-state index in [9.17, 15) is 9.59 Å². The van der Waals surface area contributed by atoms with Gasteiger partial charge in [-0.15, -0.1) is 0 Å². The van der Waals surface area contributed by atoms with Gasteiger partial charge in [0.15, 0.2) is 5.78 Å². The number of likely N-dealkylation sites (N-methyl/N-ethyl adjacent to an activating group) is 1. The predicted molar refractivity (Wildman–Crippen MR) is 134 cm³/mol. The van der Waals surface area contributed by atoms with E-state index >= 15 is 0 Å². The van der Waals surface area contributed by atoms with Gasteiger partial charge in [0.2, 0.25) is 5.91 Å². The van der Waals surface area contributed by atoms with Crippen LogP contribution in [-0.2, 0) is 11.2 Å². The summed E-state index contributed by atoms with van der Waals surface area (Å²) in [6.07, 6.45) is 1.62. The maximum absolute atomic E-state index is 12.9. The lowest BCUT2D eigenvalue weighted by atomic mass is 9.74. The van der Waals surface area contributed by atoms with Crippen molar-refractivity contribution >= 4 is 23.3 Å². The third-order valence-electron chi connectivity index (χ3n) is 6.03. The number of halogens is 1. The van der Waals surface area contributed by atoms with Crippen LogP contribution >= 0.6 is 11.6 Å². The quantitative estimate of drug-likeness (QED) is 0.463. The van der Waals surface area contributed by atoms with Crippen molar-refractivity contribution in [2.75, 3.05) is 20.6 Å². The number of hydrogen-bond acceptors (Lipinski definition) is 3. The Balaban J connectivity index is 2.03. The number of ketones is 1. The fourth-order valence-electron chi connectivity index (χ4n) is 3.91. The van der Waals surface area contributed by atoms with Crippen molar-refractivity contribution in [3.8, 4) is 0 Å². The van der Waals surface area contributed by atoms with Crippen LogP contribution in [0, 0.1) is 5.41 Å². The van der Waals surface area contributed by atoms with Crippen LogP contribution in [0.25, 0.3) is 0 Å². The molecule has 4 nitrogen and oxygen atoms in total. The zero-order valence-corrected chi connectivity index (χ0v) is 21.0. The molecule has 0 saturated heterocycles. The summed E-state index contributed by atoms with van der Waals surface area (Å²) in [7, 11) is 4.02. The Morgan fingerprint density at radius 1 is 1.06 bits per heavy atom. The van der Waals surface area contributed by atoms with Gasteiger partial charge in [-0.3, -0.25) is 9.59 Å². The second-order valence-corrected chi connectivity index (χ2v) is 10.2. The van der Waals surface area contributed by atoms with Crippen molar-refractivity contribution in [3.63, 3.8) is 0 Å². The lowest BCUT2D eigenvalue weighted by Gasteiger charge is -2.31. The smallest absolute Gasteiger partial charge is 0.220 e. The molecule has 0 heterocycles. The Labute approximate surface area is 198 Å². The van der Waals surface area contributed by atoms with Gasteiger partial charge in [0.1, 0.15) is 0 Å². The first kappa shape index (κ1) is 26.1. The lowest BCUT2D eigenvalue weighted by molar-refractivity contribution is -0.122. The molecule has 0 bridgehead atoms. The van der Waals surface area contributed by atoms with E-state index in [1.807, 2.05) is 57.4 Å². The zero-order chi connectivity index (χ0) is 23.9. The van der Waals surface area contributed by atoms with E-state index in [1.165, 1.54) is 5.56 Å².